The summed E-state index contributed by atoms with van der Waals surface area (Å²) < 4.78 is 7.16. The number of carbonyl (C=O) groups is 1. The second-order valence-electron chi connectivity index (χ2n) is 5.85. The Hall–Kier alpha value is -3.12. The van der Waals surface area contributed by atoms with Crippen LogP contribution in [0.15, 0.2) is 60.8 Å². The largest absolute Gasteiger partial charge is 0.497 e. The van der Waals surface area contributed by atoms with Gasteiger partial charge in [-0.15, -0.1) is 0 Å². The maximum atomic E-state index is 12.7. The zero-order valence-corrected chi connectivity index (χ0v) is 15.2. The Bertz CT molecular complexity index is 1080. The van der Waals surface area contributed by atoms with E-state index in [4.69, 9.17) is 4.74 Å². The molecule has 130 valence electrons. The van der Waals surface area contributed by atoms with Crippen molar-refractivity contribution >= 4 is 27.9 Å². The van der Waals surface area contributed by atoms with E-state index in [1.54, 1.807) is 13.2 Å². The van der Waals surface area contributed by atoms with Crippen molar-refractivity contribution in [2.24, 2.45) is 0 Å². The molecule has 0 aliphatic rings. The van der Waals surface area contributed by atoms with Crippen LogP contribution >= 0.6 is 11.3 Å². The number of nitrogens with one attached hydrogen (secondary N) is 1. The van der Waals surface area contributed by atoms with Gasteiger partial charge in [-0.25, -0.2) is 4.98 Å². The highest BCUT2D eigenvalue weighted by Crippen LogP contribution is 2.28. The molecule has 2 heterocycles. The Balaban J connectivity index is 1.63. The van der Waals surface area contributed by atoms with Crippen molar-refractivity contribution in [3.8, 4) is 17.0 Å². The summed E-state index contributed by atoms with van der Waals surface area (Å²) >= 11 is 1.39. The van der Waals surface area contributed by atoms with Crippen molar-refractivity contribution in [3.05, 3.63) is 71.4 Å². The number of methoxy groups -OCH3 is 1. The van der Waals surface area contributed by atoms with E-state index in [1.165, 1.54) is 11.3 Å². The molecule has 4 aromatic rings. The van der Waals surface area contributed by atoms with E-state index >= 15 is 0 Å². The van der Waals surface area contributed by atoms with Crippen molar-refractivity contribution in [3.63, 3.8) is 0 Å². The Kier molecular flexibility index (Phi) is 4.18. The number of hydrogen-bond donors (Lipinski definition) is 1. The Morgan fingerprint density at radius 2 is 1.96 bits per heavy atom. The van der Waals surface area contributed by atoms with Crippen LogP contribution in [0, 0.1) is 6.92 Å². The summed E-state index contributed by atoms with van der Waals surface area (Å²) in [5, 5.41) is 2.92. The van der Waals surface area contributed by atoms with Gasteiger partial charge in [-0.3, -0.25) is 9.20 Å². The topological polar surface area (TPSA) is 55.6 Å². The lowest BCUT2D eigenvalue weighted by Crippen LogP contribution is -2.11. The SMILES string of the molecule is COc1cccc(NC(=O)c2sc3nc(-c4ccccc4)cn3c2C)c1. The normalized spacial score (nSPS) is 10.8. The minimum Gasteiger partial charge on any atom is -0.497 e. The average molecular weight is 363 g/mol. The molecule has 4 rings (SSSR count). The number of ether oxygens (including phenoxy) is 1. The molecule has 1 N–H and O–H groups in total. The predicted molar refractivity (Wildman–Crippen MR) is 104 cm³/mol. The van der Waals surface area contributed by atoms with E-state index in [2.05, 4.69) is 10.3 Å². The van der Waals surface area contributed by atoms with Gasteiger partial charge in [-0.1, -0.05) is 47.7 Å². The zero-order valence-electron chi connectivity index (χ0n) is 14.4. The summed E-state index contributed by atoms with van der Waals surface area (Å²) in [5.74, 6) is 0.556. The van der Waals surface area contributed by atoms with Gasteiger partial charge in [0.2, 0.25) is 0 Å². The first-order valence-corrected chi connectivity index (χ1v) is 8.96. The first kappa shape index (κ1) is 16.4. The molecule has 0 fully saturated rings. The monoisotopic (exact) mass is 363 g/mol. The summed E-state index contributed by atoms with van der Waals surface area (Å²) in [5.41, 5.74) is 3.54. The minimum atomic E-state index is -0.146. The fourth-order valence-electron chi connectivity index (χ4n) is 2.80. The van der Waals surface area contributed by atoms with E-state index in [-0.39, 0.29) is 5.91 Å². The van der Waals surface area contributed by atoms with Gasteiger partial charge in [-0.2, -0.15) is 0 Å². The molecule has 6 heteroatoms. The molecule has 0 radical (unpaired) electrons. The first-order valence-electron chi connectivity index (χ1n) is 8.15. The lowest BCUT2D eigenvalue weighted by atomic mass is 10.2. The van der Waals surface area contributed by atoms with Crippen molar-refractivity contribution in [1.82, 2.24) is 9.38 Å². The van der Waals surface area contributed by atoms with Gasteiger partial charge in [0.1, 0.15) is 10.6 Å². The van der Waals surface area contributed by atoms with Crippen molar-refractivity contribution < 1.29 is 9.53 Å². The molecule has 1 amide bonds. The Morgan fingerprint density at radius 3 is 2.69 bits per heavy atom. The number of carbonyl (C=O) groups excluding carboxylic acids is 1. The first-order chi connectivity index (χ1) is 12.7. The van der Waals surface area contributed by atoms with Crippen LogP contribution in [0.1, 0.15) is 15.4 Å². The van der Waals surface area contributed by atoms with Gasteiger partial charge in [0, 0.05) is 29.2 Å². The van der Waals surface area contributed by atoms with Gasteiger partial charge in [0.05, 0.1) is 12.8 Å². The average Bonchev–Trinajstić information content (AvgIpc) is 3.22. The maximum absolute atomic E-state index is 12.7. The smallest absolute Gasteiger partial charge is 0.267 e. The number of anilines is 1. The van der Waals surface area contributed by atoms with E-state index < -0.39 is 0 Å². The van der Waals surface area contributed by atoms with Crippen LogP contribution < -0.4 is 10.1 Å². The number of fused-ring (bicyclic) bond motifs is 1. The van der Waals surface area contributed by atoms with E-state index in [9.17, 15) is 4.79 Å². The van der Waals surface area contributed by atoms with Gasteiger partial charge in [-0.05, 0) is 19.1 Å². The molecule has 0 saturated carbocycles. The van der Waals surface area contributed by atoms with Crippen molar-refractivity contribution in [1.29, 1.82) is 0 Å². The number of imidazole rings is 1. The second-order valence-corrected chi connectivity index (χ2v) is 6.82. The lowest BCUT2D eigenvalue weighted by Gasteiger charge is -2.06. The standard InChI is InChI=1S/C20H17N3O2S/c1-13-18(19(24)21-15-9-6-10-16(11-15)25-2)26-20-22-17(12-23(13)20)14-7-4-3-5-8-14/h3-12H,1-2H3,(H,21,24). The van der Waals surface area contributed by atoms with Gasteiger partial charge < -0.3 is 10.1 Å². The summed E-state index contributed by atoms with van der Waals surface area (Å²) in [6.07, 6.45) is 1.97. The van der Waals surface area contributed by atoms with Crippen LogP contribution in [0.3, 0.4) is 0 Å². The number of amides is 1. The van der Waals surface area contributed by atoms with Crippen LogP contribution in [0.4, 0.5) is 5.69 Å². The molecule has 0 bridgehead atoms. The molecular formula is C20H17N3O2S. The molecule has 2 aromatic heterocycles. The number of rotatable bonds is 4. The third kappa shape index (κ3) is 2.95. The van der Waals surface area contributed by atoms with Crippen LogP contribution in [0.2, 0.25) is 0 Å². The Morgan fingerprint density at radius 1 is 1.15 bits per heavy atom. The minimum absolute atomic E-state index is 0.146. The molecule has 0 atom stereocenters. The fourth-order valence-corrected chi connectivity index (χ4v) is 3.80. The zero-order chi connectivity index (χ0) is 18.1. The number of aromatic nitrogens is 2. The maximum Gasteiger partial charge on any atom is 0.267 e. The molecule has 0 aliphatic heterocycles. The molecule has 0 unspecified atom stereocenters. The van der Waals surface area contributed by atoms with Crippen LogP contribution in [0.25, 0.3) is 16.2 Å². The molecular weight excluding hydrogens is 346 g/mol. The van der Waals surface area contributed by atoms with Crippen LogP contribution in [-0.4, -0.2) is 22.4 Å². The molecule has 2 aromatic carbocycles. The third-order valence-corrected chi connectivity index (χ3v) is 5.32. The lowest BCUT2D eigenvalue weighted by molar-refractivity contribution is 0.102. The van der Waals surface area contributed by atoms with E-state index in [0.29, 0.717) is 16.3 Å². The highest BCUT2D eigenvalue weighted by Gasteiger charge is 2.18. The number of aryl methyl sites for hydroxylation is 1. The molecule has 5 nitrogen and oxygen atoms in total. The Labute approximate surface area is 154 Å². The fraction of sp³-hybridized carbons (Fsp3) is 0.100. The van der Waals surface area contributed by atoms with Gasteiger partial charge in [0.15, 0.2) is 4.96 Å². The van der Waals surface area contributed by atoms with E-state index in [1.807, 2.05) is 66.1 Å². The molecule has 0 saturated heterocycles. The summed E-state index contributed by atoms with van der Waals surface area (Å²) in [6.45, 7) is 1.93. The van der Waals surface area contributed by atoms with Gasteiger partial charge >= 0.3 is 0 Å². The predicted octanol–water partition coefficient (Wildman–Crippen LogP) is 4.63. The van der Waals surface area contributed by atoms with Crippen molar-refractivity contribution in [2.75, 3.05) is 12.4 Å². The summed E-state index contributed by atoms with van der Waals surface area (Å²) in [7, 11) is 1.60. The quantitative estimate of drug-likeness (QED) is 0.575. The number of benzene rings is 2. The third-order valence-electron chi connectivity index (χ3n) is 4.16. The van der Waals surface area contributed by atoms with Gasteiger partial charge in [0.25, 0.3) is 5.91 Å². The highest BCUT2D eigenvalue weighted by molar-refractivity contribution is 7.19. The number of hydrogen-bond acceptors (Lipinski definition) is 4. The highest BCUT2D eigenvalue weighted by atomic mass is 32.1. The summed E-state index contributed by atoms with van der Waals surface area (Å²) in [6, 6.07) is 17.3. The number of thiazole rings is 1. The molecule has 0 aliphatic carbocycles. The second kappa shape index (κ2) is 6.65. The number of nitrogens with zero attached hydrogens (tertiary/aromatic N) is 2. The van der Waals surface area contributed by atoms with Crippen LogP contribution in [0.5, 0.6) is 5.75 Å². The van der Waals surface area contributed by atoms with E-state index in [0.717, 1.165) is 21.9 Å². The molecule has 0 spiro atoms. The van der Waals surface area contributed by atoms with Crippen LogP contribution in [-0.2, 0) is 0 Å². The molecule has 26 heavy (non-hydrogen) atoms. The van der Waals surface area contributed by atoms with Crippen molar-refractivity contribution in [2.45, 2.75) is 6.92 Å². The summed E-state index contributed by atoms with van der Waals surface area (Å²) in [4.78, 5) is 18.8.